The molecule has 0 aromatic heterocycles. The first-order valence-corrected chi connectivity index (χ1v) is 5.16. The van der Waals surface area contributed by atoms with Crippen molar-refractivity contribution in [2.45, 2.75) is 0 Å². The summed E-state index contributed by atoms with van der Waals surface area (Å²) in [6.45, 7) is 0. The lowest BCUT2D eigenvalue weighted by Crippen LogP contribution is -2.27. The van der Waals surface area contributed by atoms with Crippen LogP contribution in [0.4, 0.5) is 10.5 Å². The van der Waals surface area contributed by atoms with Crippen molar-refractivity contribution < 1.29 is 9.90 Å². The van der Waals surface area contributed by atoms with Crippen LogP contribution in [0.1, 0.15) is 0 Å². The summed E-state index contributed by atoms with van der Waals surface area (Å²) in [6, 6.07) is 17.4. The van der Waals surface area contributed by atoms with Crippen LogP contribution in [0.5, 0.6) is 0 Å². The number of rotatable bonds is 3. The van der Waals surface area contributed by atoms with E-state index in [9.17, 15) is 4.79 Å². The minimum Gasteiger partial charge on any atom is -0.464 e. The lowest BCUT2D eigenvalue weighted by molar-refractivity contribution is 0.197. The SMILES string of the molecule is O=C(O)NNc1cccc(-c2ccccc2)c1. The average molecular weight is 228 g/mol. The van der Waals surface area contributed by atoms with E-state index in [0.717, 1.165) is 11.1 Å². The van der Waals surface area contributed by atoms with Crippen LogP contribution < -0.4 is 10.9 Å². The second kappa shape index (κ2) is 5.03. The van der Waals surface area contributed by atoms with Crippen LogP contribution in [0.2, 0.25) is 0 Å². The van der Waals surface area contributed by atoms with E-state index in [4.69, 9.17) is 5.11 Å². The molecule has 1 amide bonds. The zero-order valence-electron chi connectivity index (χ0n) is 9.05. The molecule has 86 valence electrons. The Labute approximate surface area is 98.9 Å². The number of hydrazine groups is 1. The summed E-state index contributed by atoms with van der Waals surface area (Å²) in [5.74, 6) is 0. The molecule has 0 aliphatic heterocycles. The summed E-state index contributed by atoms with van der Waals surface area (Å²) in [5.41, 5.74) is 7.53. The van der Waals surface area contributed by atoms with Gasteiger partial charge in [-0.05, 0) is 23.3 Å². The third-order valence-corrected chi connectivity index (χ3v) is 2.28. The Bertz CT molecular complexity index is 512. The summed E-state index contributed by atoms with van der Waals surface area (Å²) in [7, 11) is 0. The minimum absolute atomic E-state index is 0.703. The Morgan fingerprint density at radius 3 is 2.35 bits per heavy atom. The van der Waals surface area contributed by atoms with E-state index in [1.807, 2.05) is 48.5 Å². The molecule has 0 atom stereocenters. The van der Waals surface area contributed by atoms with E-state index >= 15 is 0 Å². The van der Waals surface area contributed by atoms with Crippen LogP contribution in [0.3, 0.4) is 0 Å². The standard InChI is InChI=1S/C13H12N2O2/c16-13(17)15-14-12-8-4-7-11(9-12)10-5-2-1-3-6-10/h1-9,14-15H,(H,16,17). The number of anilines is 1. The highest BCUT2D eigenvalue weighted by Crippen LogP contribution is 2.21. The van der Waals surface area contributed by atoms with Crippen LogP contribution in [-0.2, 0) is 0 Å². The van der Waals surface area contributed by atoms with Gasteiger partial charge in [-0.25, -0.2) is 10.2 Å². The Hall–Kier alpha value is -2.49. The number of carboxylic acid groups (broad SMARTS) is 1. The first kappa shape index (κ1) is 11.0. The second-order valence-electron chi connectivity index (χ2n) is 3.50. The molecular weight excluding hydrogens is 216 g/mol. The molecule has 0 saturated carbocycles. The highest BCUT2D eigenvalue weighted by atomic mass is 16.4. The summed E-state index contributed by atoms with van der Waals surface area (Å²) < 4.78 is 0. The van der Waals surface area contributed by atoms with Crippen LogP contribution >= 0.6 is 0 Å². The zero-order chi connectivity index (χ0) is 12.1. The largest absolute Gasteiger partial charge is 0.464 e. The third kappa shape index (κ3) is 2.98. The van der Waals surface area contributed by atoms with Crippen molar-refractivity contribution in [3.05, 3.63) is 54.6 Å². The number of amides is 1. The normalized spacial score (nSPS) is 9.65. The van der Waals surface area contributed by atoms with Crippen molar-refractivity contribution in [3.63, 3.8) is 0 Å². The van der Waals surface area contributed by atoms with Crippen molar-refractivity contribution in [3.8, 4) is 11.1 Å². The van der Waals surface area contributed by atoms with E-state index in [2.05, 4.69) is 10.9 Å². The Morgan fingerprint density at radius 2 is 1.65 bits per heavy atom. The lowest BCUT2D eigenvalue weighted by atomic mass is 10.1. The zero-order valence-corrected chi connectivity index (χ0v) is 9.05. The van der Waals surface area contributed by atoms with Gasteiger partial charge >= 0.3 is 6.09 Å². The second-order valence-corrected chi connectivity index (χ2v) is 3.50. The highest BCUT2D eigenvalue weighted by molar-refractivity contribution is 5.70. The van der Waals surface area contributed by atoms with E-state index in [0.29, 0.717) is 5.69 Å². The van der Waals surface area contributed by atoms with E-state index < -0.39 is 6.09 Å². The Balaban J connectivity index is 2.20. The number of carbonyl (C=O) groups is 1. The van der Waals surface area contributed by atoms with E-state index in [-0.39, 0.29) is 0 Å². The van der Waals surface area contributed by atoms with Gasteiger partial charge < -0.3 is 5.11 Å². The van der Waals surface area contributed by atoms with E-state index in [1.165, 1.54) is 0 Å². The first-order valence-electron chi connectivity index (χ1n) is 5.16. The molecule has 2 aromatic rings. The van der Waals surface area contributed by atoms with E-state index in [1.54, 1.807) is 6.07 Å². The van der Waals surface area contributed by atoms with Gasteiger partial charge in [-0.15, -0.1) is 0 Å². The summed E-state index contributed by atoms with van der Waals surface area (Å²) in [4.78, 5) is 10.4. The molecule has 0 saturated heterocycles. The van der Waals surface area contributed by atoms with Crippen LogP contribution in [0, 0.1) is 0 Å². The number of nitrogens with one attached hydrogen (secondary N) is 2. The molecule has 0 spiro atoms. The van der Waals surface area contributed by atoms with Crippen molar-refractivity contribution in [2.24, 2.45) is 0 Å². The van der Waals surface area contributed by atoms with Crippen molar-refractivity contribution in [1.29, 1.82) is 0 Å². The molecule has 0 bridgehead atoms. The molecular formula is C13H12N2O2. The molecule has 0 aliphatic carbocycles. The van der Waals surface area contributed by atoms with Gasteiger partial charge in [0.2, 0.25) is 0 Å². The van der Waals surface area contributed by atoms with Gasteiger partial charge in [0, 0.05) is 0 Å². The molecule has 17 heavy (non-hydrogen) atoms. The molecule has 0 heterocycles. The monoisotopic (exact) mass is 228 g/mol. The van der Waals surface area contributed by atoms with Crippen molar-refractivity contribution in [1.82, 2.24) is 5.43 Å². The molecule has 2 aromatic carbocycles. The highest BCUT2D eigenvalue weighted by Gasteiger charge is 1.99. The topological polar surface area (TPSA) is 61.4 Å². The van der Waals surface area contributed by atoms with Gasteiger partial charge in [0.1, 0.15) is 0 Å². The van der Waals surface area contributed by atoms with Gasteiger partial charge in [-0.1, -0.05) is 42.5 Å². The quantitative estimate of drug-likeness (QED) is 0.708. The van der Waals surface area contributed by atoms with Gasteiger partial charge in [0.25, 0.3) is 0 Å². The van der Waals surface area contributed by atoms with Crippen LogP contribution in [-0.4, -0.2) is 11.2 Å². The molecule has 4 nitrogen and oxygen atoms in total. The average Bonchev–Trinajstić information content (AvgIpc) is 2.38. The maximum absolute atomic E-state index is 10.4. The van der Waals surface area contributed by atoms with Crippen LogP contribution in [0.25, 0.3) is 11.1 Å². The Morgan fingerprint density at radius 1 is 0.941 bits per heavy atom. The number of hydrogen-bond acceptors (Lipinski definition) is 2. The molecule has 0 fully saturated rings. The van der Waals surface area contributed by atoms with Crippen LogP contribution in [0.15, 0.2) is 54.6 Å². The fraction of sp³-hybridized carbons (Fsp3) is 0. The molecule has 2 rings (SSSR count). The minimum atomic E-state index is -1.12. The third-order valence-electron chi connectivity index (χ3n) is 2.28. The Kier molecular flexibility index (Phi) is 3.25. The molecule has 0 unspecified atom stereocenters. The lowest BCUT2D eigenvalue weighted by Gasteiger charge is -2.07. The maximum atomic E-state index is 10.4. The molecule has 0 aliphatic rings. The number of hydrogen-bond donors (Lipinski definition) is 3. The summed E-state index contributed by atoms with van der Waals surface area (Å²) >= 11 is 0. The fourth-order valence-corrected chi connectivity index (χ4v) is 1.53. The van der Waals surface area contributed by atoms with Gasteiger partial charge in [-0.3, -0.25) is 5.43 Å². The van der Waals surface area contributed by atoms with Crippen molar-refractivity contribution in [2.75, 3.05) is 5.43 Å². The van der Waals surface area contributed by atoms with Gasteiger partial charge in [0.05, 0.1) is 5.69 Å². The number of benzene rings is 2. The summed E-state index contributed by atoms with van der Waals surface area (Å²) in [5, 5.41) is 8.49. The molecule has 0 radical (unpaired) electrons. The van der Waals surface area contributed by atoms with Gasteiger partial charge in [-0.2, -0.15) is 0 Å². The maximum Gasteiger partial charge on any atom is 0.423 e. The predicted octanol–water partition coefficient (Wildman–Crippen LogP) is 2.95. The van der Waals surface area contributed by atoms with Crippen molar-refractivity contribution >= 4 is 11.8 Å². The molecule has 3 N–H and O–H groups in total. The predicted molar refractivity (Wildman–Crippen MR) is 66.7 cm³/mol. The first-order chi connectivity index (χ1) is 8.25. The smallest absolute Gasteiger partial charge is 0.423 e. The summed E-state index contributed by atoms with van der Waals surface area (Å²) in [6.07, 6.45) is -1.12. The fourth-order valence-electron chi connectivity index (χ4n) is 1.53. The van der Waals surface area contributed by atoms with Gasteiger partial charge in [0.15, 0.2) is 0 Å². The molecule has 4 heteroatoms.